The standard InChI is InChI=1S/C40H38F3N4O5P/c1-39(2,3)32-19-17-30(47-38-31-18-16-29(24-34(31)45-26-46-38)37-33(40(41,42)43)15-10-20-44-37)25-36(32)50-21-22-51-53(48,49)52-35(28-13-8-5-9-14-28)23-27-11-6-4-7-12-27/h4-20,24-26,35H,21-23H2,1-3H3,(H,48,49)(H,45,46,47). The molecule has 0 aliphatic heterocycles. The van der Waals surface area contributed by atoms with Crippen molar-refractivity contribution in [2.75, 3.05) is 18.5 Å². The molecule has 0 fully saturated rings. The van der Waals surface area contributed by atoms with Crippen molar-refractivity contribution < 1.29 is 36.4 Å². The van der Waals surface area contributed by atoms with E-state index < -0.39 is 25.7 Å². The number of hydrogen-bond donors (Lipinski definition) is 2. The zero-order chi connectivity index (χ0) is 37.6. The highest BCUT2D eigenvalue weighted by Gasteiger charge is 2.34. The quantitative estimate of drug-likeness (QED) is 0.0881. The Kier molecular flexibility index (Phi) is 11.3. The van der Waals surface area contributed by atoms with Gasteiger partial charge in [-0.05, 0) is 52.4 Å². The predicted octanol–water partition coefficient (Wildman–Crippen LogP) is 10.2. The van der Waals surface area contributed by atoms with Crippen molar-refractivity contribution in [2.24, 2.45) is 0 Å². The number of fused-ring (bicyclic) bond motifs is 1. The minimum Gasteiger partial charge on any atom is -0.491 e. The highest BCUT2D eigenvalue weighted by atomic mass is 31.2. The second kappa shape index (κ2) is 15.9. The molecule has 9 nitrogen and oxygen atoms in total. The average molecular weight is 743 g/mol. The van der Waals surface area contributed by atoms with Crippen LogP contribution < -0.4 is 10.1 Å². The van der Waals surface area contributed by atoms with Gasteiger partial charge in [-0.2, -0.15) is 13.2 Å². The number of nitrogens with one attached hydrogen (secondary N) is 1. The van der Waals surface area contributed by atoms with Crippen LogP contribution in [0.2, 0.25) is 0 Å². The van der Waals surface area contributed by atoms with Crippen molar-refractivity contribution in [1.29, 1.82) is 0 Å². The number of nitrogens with zero attached hydrogens (tertiary/aromatic N) is 3. The van der Waals surface area contributed by atoms with Crippen LogP contribution in [0.25, 0.3) is 22.2 Å². The molecule has 0 aliphatic rings. The van der Waals surface area contributed by atoms with Crippen molar-refractivity contribution in [3.05, 3.63) is 144 Å². The number of benzene rings is 4. The molecule has 0 amide bonds. The number of alkyl halides is 3. The summed E-state index contributed by atoms with van der Waals surface area (Å²) < 4.78 is 71.4. The van der Waals surface area contributed by atoms with Gasteiger partial charge in [0.05, 0.1) is 29.5 Å². The molecular weight excluding hydrogens is 704 g/mol. The van der Waals surface area contributed by atoms with Crippen LogP contribution in [0.15, 0.2) is 122 Å². The summed E-state index contributed by atoms with van der Waals surface area (Å²) in [5.74, 6) is 0.944. The topological polar surface area (TPSA) is 116 Å². The maximum Gasteiger partial charge on any atom is 0.472 e. The third-order valence-corrected chi connectivity index (χ3v) is 9.40. The van der Waals surface area contributed by atoms with E-state index in [1.165, 1.54) is 18.6 Å². The summed E-state index contributed by atoms with van der Waals surface area (Å²) in [7, 11) is -4.50. The second-order valence-corrected chi connectivity index (χ2v) is 14.7. The molecule has 0 spiro atoms. The Labute approximate surface area is 305 Å². The highest BCUT2D eigenvalue weighted by Crippen LogP contribution is 2.49. The molecule has 6 rings (SSSR count). The molecule has 0 saturated carbocycles. The van der Waals surface area contributed by atoms with E-state index in [-0.39, 0.29) is 29.9 Å². The van der Waals surface area contributed by atoms with Gasteiger partial charge in [-0.25, -0.2) is 14.5 Å². The van der Waals surface area contributed by atoms with Gasteiger partial charge in [0, 0.05) is 35.3 Å². The van der Waals surface area contributed by atoms with E-state index in [2.05, 4.69) is 20.3 Å². The molecule has 2 heterocycles. The summed E-state index contributed by atoms with van der Waals surface area (Å²) in [6.45, 7) is 5.82. The number of aromatic nitrogens is 3. The minimum absolute atomic E-state index is 0.0538. The molecule has 2 atom stereocenters. The van der Waals surface area contributed by atoms with Crippen LogP contribution in [0.1, 0.15) is 49.1 Å². The lowest BCUT2D eigenvalue weighted by Crippen LogP contribution is -2.16. The molecule has 0 saturated heterocycles. The van der Waals surface area contributed by atoms with E-state index >= 15 is 0 Å². The molecule has 53 heavy (non-hydrogen) atoms. The molecule has 0 bridgehead atoms. The molecule has 2 N–H and O–H groups in total. The summed E-state index contributed by atoms with van der Waals surface area (Å²) in [6.07, 6.45) is -2.27. The van der Waals surface area contributed by atoms with Gasteiger partial charge < -0.3 is 14.9 Å². The van der Waals surface area contributed by atoms with E-state index in [9.17, 15) is 22.6 Å². The number of hydrogen-bond acceptors (Lipinski definition) is 8. The van der Waals surface area contributed by atoms with Gasteiger partial charge in [-0.1, -0.05) is 93.6 Å². The monoisotopic (exact) mass is 742 g/mol. The smallest absolute Gasteiger partial charge is 0.472 e. The zero-order valence-electron chi connectivity index (χ0n) is 29.2. The molecule has 6 aromatic rings. The fraction of sp³-hybridized carbons (Fsp3) is 0.225. The first kappa shape index (κ1) is 37.6. The number of pyridine rings is 1. The maximum absolute atomic E-state index is 13.7. The summed E-state index contributed by atoms with van der Waals surface area (Å²) in [5.41, 5.74) is 2.53. The van der Waals surface area contributed by atoms with E-state index in [1.807, 2.05) is 93.6 Å². The Hall–Kier alpha value is -5.13. The van der Waals surface area contributed by atoms with Gasteiger partial charge >= 0.3 is 14.0 Å². The molecule has 4 aromatic carbocycles. The molecule has 13 heteroatoms. The largest absolute Gasteiger partial charge is 0.491 e. The van der Waals surface area contributed by atoms with Crippen LogP contribution in [-0.2, 0) is 31.6 Å². The molecule has 2 unspecified atom stereocenters. The van der Waals surface area contributed by atoms with Crippen molar-refractivity contribution in [3.63, 3.8) is 0 Å². The predicted molar refractivity (Wildman–Crippen MR) is 198 cm³/mol. The SMILES string of the molecule is CC(C)(C)c1ccc(Nc2ncnc3cc(-c4ncccc4C(F)(F)F)ccc23)cc1OCCOP(=O)(O)OC(Cc1ccccc1)c1ccccc1. The summed E-state index contributed by atoms with van der Waals surface area (Å²) in [5, 5.41) is 3.85. The average Bonchev–Trinajstić information content (AvgIpc) is 3.13. The number of rotatable bonds is 13. The number of phosphoric ester groups is 1. The van der Waals surface area contributed by atoms with Crippen molar-refractivity contribution in [1.82, 2.24) is 15.0 Å². The van der Waals surface area contributed by atoms with E-state index in [0.29, 0.717) is 34.6 Å². The van der Waals surface area contributed by atoms with Gasteiger partial charge in [-0.15, -0.1) is 0 Å². The Morgan fingerprint density at radius 1 is 0.811 bits per heavy atom. The van der Waals surface area contributed by atoms with Crippen molar-refractivity contribution in [3.8, 4) is 17.0 Å². The number of phosphoric acid groups is 1. The van der Waals surface area contributed by atoms with Crippen LogP contribution >= 0.6 is 7.82 Å². The summed E-state index contributed by atoms with van der Waals surface area (Å²) in [4.78, 5) is 23.4. The molecular formula is C40H38F3N4O5P. The Bertz CT molecular complexity index is 2220. The Balaban J connectivity index is 1.16. The fourth-order valence-corrected chi connectivity index (χ4v) is 6.74. The number of anilines is 2. The number of ether oxygens (including phenoxy) is 1. The Morgan fingerprint density at radius 2 is 1.55 bits per heavy atom. The zero-order valence-corrected chi connectivity index (χ0v) is 30.1. The first-order chi connectivity index (χ1) is 25.3. The summed E-state index contributed by atoms with van der Waals surface area (Å²) in [6, 6.07) is 31.3. The molecule has 274 valence electrons. The molecule has 0 aliphatic carbocycles. The van der Waals surface area contributed by atoms with Crippen LogP contribution in [-0.4, -0.2) is 33.1 Å². The van der Waals surface area contributed by atoms with Gasteiger partial charge in [0.25, 0.3) is 0 Å². The third kappa shape index (κ3) is 9.65. The van der Waals surface area contributed by atoms with E-state index in [0.717, 1.165) is 22.8 Å². The first-order valence-corrected chi connectivity index (χ1v) is 18.3. The third-order valence-electron chi connectivity index (χ3n) is 8.37. The first-order valence-electron chi connectivity index (χ1n) is 16.8. The van der Waals surface area contributed by atoms with Crippen LogP contribution in [0.4, 0.5) is 24.7 Å². The van der Waals surface area contributed by atoms with Crippen LogP contribution in [0, 0.1) is 0 Å². The highest BCUT2D eigenvalue weighted by molar-refractivity contribution is 7.47. The van der Waals surface area contributed by atoms with E-state index in [4.69, 9.17) is 13.8 Å². The maximum atomic E-state index is 13.7. The van der Waals surface area contributed by atoms with Gasteiger partial charge in [0.1, 0.15) is 24.5 Å². The van der Waals surface area contributed by atoms with Crippen LogP contribution in [0.3, 0.4) is 0 Å². The normalized spacial score (nSPS) is 13.7. The number of halogens is 3. The minimum atomic E-state index is -4.57. The second-order valence-electron chi connectivity index (χ2n) is 13.3. The van der Waals surface area contributed by atoms with E-state index in [1.54, 1.807) is 24.3 Å². The fourth-order valence-electron chi connectivity index (χ4n) is 5.85. The lowest BCUT2D eigenvalue weighted by Gasteiger charge is -2.24. The van der Waals surface area contributed by atoms with Gasteiger partial charge in [0.2, 0.25) is 0 Å². The lowest BCUT2D eigenvalue weighted by molar-refractivity contribution is -0.137. The van der Waals surface area contributed by atoms with Crippen molar-refractivity contribution in [2.45, 2.75) is 44.9 Å². The van der Waals surface area contributed by atoms with Gasteiger partial charge in [-0.3, -0.25) is 14.0 Å². The summed E-state index contributed by atoms with van der Waals surface area (Å²) >= 11 is 0. The Morgan fingerprint density at radius 3 is 2.26 bits per heavy atom. The lowest BCUT2D eigenvalue weighted by atomic mass is 9.86. The van der Waals surface area contributed by atoms with Crippen LogP contribution in [0.5, 0.6) is 5.75 Å². The molecule has 2 aromatic heterocycles. The molecule has 0 radical (unpaired) electrons. The van der Waals surface area contributed by atoms with Gasteiger partial charge in [0.15, 0.2) is 0 Å². The van der Waals surface area contributed by atoms with Crippen molar-refractivity contribution >= 4 is 30.2 Å².